The van der Waals surface area contributed by atoms with E-state index < -0.39 is 29.7 Å². The zero-order valence-electron chi connectivity index (χ0n) is 10.2. The molecule has 8 nitrogen and oxygen atoms in total. The largest absolute Gasteiger partial charge is 0.480 e. The molecule has 1 aliphatic rings. The monoisotopic (exact) mass is 269 g/mol. The number of carboxylic acid groups (broad SMARTS) is 1. The minimum absolute atomic E-state index is 0.0147. The molecule has 104 valence electrons. The Bertz CT molecular complexity index is 414. The third-order valence-corrected chi connectivity index (χ3v) is 2.56. The van der Waals surface area contributed by atoms with Gasteiger partial charge in [0.15, 0.2) is 0 Å². The van der Waals surface area contributed by atoms with E-state index in [0.29, 0.717) is 0 Å². The Morgan fingerprint density at radius 1 is 1.32 bits per heavy atom. The van der Waals surface area contributed by atoms with Crippen molar-refractivity contribution in [2.45, 2.75) is 18.9 Å². The first kappa shape index (κ1) is 14.8. The van der Waals surface area contributed by atoms with Gasteiger partial charge in [-0.2, -0.15) is 0 Å². The summed E-state index contributed by atoms with van der Waals surface area (Å²) in [5.41, 5.74) is 5.19. The van der Waals surface area contributed by atoms with Crippen molar-refractivity contribution >= 4 is 23.7 Å². The number of carbonyl (C=O) groups excluding carboxylic acids is 3. The Hall–Kier alpha value is -2.22. The van der Waals surface area contributed by atoms with Crippen molar-refractivity contribution in [3.8, 4) is 0 Å². The Morgan fingerprint density at radius 3 is 2.37 bits per heavy atom. The van der Waals surface area contributed by atoms with Crippen molar-refractivity contribution in [3.63, 3.8) is 0 Å². The number of imide groups is 1. The molecule has 0 unspecified atom stereocenters. The van der Waals surface area contributed by atoms with Crippen LogP contribution in [0.25, 0.3) is 0 Å². The predicted molar refractivity (Wildman–Crippen MR) is 63.7 cm³/mol. The van der Waals surface area contributed by atoms with Crippen LogP contribution in [0.2, 0.25) is 0 Å². The van der Waals surface area contributed by atoms with Crippen LogP contribution < -0.4 is 11.1 Å². The molecule has 1 rings (SSSR count). The summed E-state index contributed by atoms with van der Waals surface area (Å²) in [6.07, 6.45) is 2.61. The summed E-state index contributed by atoms with van der Waals surface area (Å²) in [4.78, 5) is 45.5. The summed E-state index contributed by atoms with van der Waals surface area (Å²) in [6.45, 7) is -0.0768. The maximum atomic E-state index is 11.4. The SMILES string of the molecule is NC[C@H](NC(=O)CCCN1C(=O)C=CC1=O)C(=O)O. The average Bonchev–Trinajstić information content (AvgIpc) is 2.67. The fourth-order valence-electron chi connectivity index (χ4n) is 1.54. The molecule has 4 N–H and O–H groups in total. The normalized spacial score (nSPS) is 15.7. The summed E-state index contributed by atoms with van der Waals surface area (Å²) in [5, 5.41) is 10.9. The highest BCUT2D eigenvalue weighted by Gasteiger charge is 2.23. The van der Waals surface area contributed by atoms with Gasteiger partial charge in [-0.1, -0.05) is 0 Å². The second-order valence-electron chi connectivity index (χ2n) is 3.96. The van der Waals surface area contributed by atoms with Crippen LogP contribution in [0.3, 0.4) is 0 Å². The third kappa shape index (κ3) is 4.18. The lowest BCUT2D eigenvalue weighted by molar-refractivity contribution is -0.141. The number of amides is 3. The van der Waals surface area contributed by atoms with Crippen molar-refractivity contribution in [1.82, 2.24) is 10.2 Å². The number of hydrogen-bond donors (Lipinski definition) is 3. The lowest BCUT2D eigenvalue weighted by Gasteiger charge is -2.14. The zero-order chi connectivity index (χ0) is 14.4. The molecule has 8 heteroatoms. The molecule has 0 spiro atoms. The highest BCUT2D eigenvalue weighted by Crippen LogP contribution is 2.05. The van der Waals surface area contributed by atoms with Crippen molar-refractivity contribution < 1.29 is 24.3 Å². The summed E-state index contributed by atoms with van der Waals surface area (Å²) in [6, 6.07) is -1.12. The van der Waals surface area contributed by atoms with E-state index in [2.05, 4.69) is 5.32 Å². The highest BCUT2D eigenvalue weighted by atomic mass is 16.4. The van der Waals surface area contributed by atoms with Crippen LogP contribution in [0, 0.1) is 0 Å². The molecule has 0 saturated heterocycles. The lowest BCUT2D eigenvalue weighted by atomic mass is 10.2. The summed E-state index contributed by atoms with van der Waals surface area (Å²) in [5.74, 6) is -2.50. The number of nitrogens with zero attached hydrogens (tertiary/aromatic N) is 1. The number of nitrogens with one attached hydrogen (secondary N) is 1. The quantitative estimate of drug-likeness (QED) is 0.468. The molecule has 0 radical (unpaired) electrons. The molecule has 0 aromatic carbocycles. The van der Waals surface area contributed by atoms with Gasteiger partial charge in [0.25, 0.3) is 11.8 Å². The number of aliphatic carboxylic acids is 1. The van der Waals surface area contributed by atoms with Crippen molar-refractivity contribution in [3.05, 3.63) is 12.2 Å². The van der Waals surface area contributed by atoms with Crippen LogP contribution in [-0.2, 0) is 19.2 Å². The van der Waals surface area contributed by atoms with E-state index in [-0.39, 0.29) is 25.9 Å². The van der Waals surface area contributed by atoms with Crippen molar-refractivity contribution in [2.75, 3.05) is 13.1 Å². The Labute approximate surface area is 109 Å². The Morgan fingerprint density at radius 2 is 1.89 bits per heavy atom. The first-order chi connectivity index (χ1) is 8.95. The molecule has 0 aliphatic carbocycles. The first-order valence-electron chi connectivity index (χ1n) is 5.71. The smallest absolute Gasteiger partial charge is 0.327 e. The average molecular weight is 269 g/mol. The topological polar surface area (TPSA) is 130 Å². The van der Waals surface area contributed by atoms with Crippen LogP contribution in [0.5, 0.6) is 0 Å². The summed E-state index contributed by atoms with van der Waals surface area (Å²) < 4.78 is 0. The summed E-state index contributed by atoms with van der Waals surface area (Å²) >= 11 is 0. The molecule has 1 aliphatic heterocycles. The van der Waals surface area contributed by atoms with Gasteiger partial charge >= 0.3 is 5.97 Å². The third-order valence-electron chi connectivity index (χ3n) is 2.56. The van der Waals surface area contributed by atoms with Gasteiger partial charge in [-0.05, 0) is 6.42 Å². The molecule has 0 aromatic rings. The van der Waals surface area contributed by atoms with Crippen LogP contribution in [0.4, 0.5) is 0 Å². The number of carbonyl (C=O) groups is 4. The molecular formula is C11H15N3O5. The van der Waals surface area contributed by atoms with Crippen LogP contribution in [-0.4, -0.2) is 52.8 Å². The minimum atomic E-state index is -1.20. The van der Waals surface area contributed by atoms with Gasteiger partial charge < -0.3 is 16.2 Å². The van der Waals surface area contributed by atoms with E-state index in [9.17, 15) is 19.2 Å². The van der Waals surface area contributed by atoms with Crippen LogP contribution in [0.1, 0.15) is 12.8 Å². The molecule has 0 saturated carbocycles. The van der Waals surface area contributed by atoms with Gasteiger partial charge in [0.2, 0.25) is 5.91 Å². The molecule has 19 heavy (non-hydrogen) atoms. The standard InChI is InChI=1S/C11H15N3O5/c12-6-7(11(18)19)13-8(15)2-1-5-14-9(16)3-4-10(14)17/h3-4,7H,1-2,5-6,12H2,(H,13,15)(H,18,19)/t7-/m0/s1. The number of hydrogen-bond acceptors (Lipinski definition) is 5. The molecule has 1 heterocycles. The van der Waals surface area contributed by atoms with Gasteiger partial charge in [-0.15, -0.1) is 0 Å². The van der Waals surface area contributed by atoms with Crippen molar-refractivity contribution in [2.24, 2.45) is 5.73 Å². The Balaban J connectivity index is 2.29. The summed E-state index contributed by atoms with van der Waals surface area (Å²) in [7, 11) is 0. The first-order valence-corrected chi connectivity index (χ1v) is 5.71. The number of rotatable bonds is 7. The van der Waals surface area contributed by atoms with E-state index in [1.165, 1.54) is 0 Å². The predicted octanol–water partition coefficient (Wildman–Crippen LogP) is -1.78. The van der Waals surface area contributed by atoms with Gasteiger partial charge in [0, 0.05) is 31.7 Å². The Kier molecular flexibility index (Phi) is 5.19. The van der Waals surface area contributed by atoms with Gasteiger partial charge in [-0.3, -0.25) is 19.3 Å². The van der Waals surface area contributed by atoms with Crippen LogP contribution in [0.15, 0.2) is 12.2 Å². The van der Waals surface area contributed by atoms with E-state index in [1.54, 1.807) is 0 Å². The van der Waals surface area contributed by atoms with E-state index in [1.807, 2.05) is 0 Å². The molecule has 3 amide bonds. The van der Waals surface area contributed by atoms with Crippen molar-refractivity contribution in [1.29, 1.82) is 0 Å². The molecule has 0 fully saturated rings. The van der Waals surface area contributed by atoms with E-state index >= 15 is 0 Å². The maximum Gasteiger partial charge on any atom is 0.327 e. The maximum absolute atomic E-state index is 11.4. The minimum Gasteiger partial charge on any atom is -0.480 e. The number of carboxylic acids is 1. The van der Waals surface area contributed by atoms with Gasteiger partial charge in [0.1, 0.15) is 6.04 Å². The van der Waals surface area contributed by atoms with Gasteiger partial charge in [-0.25, -0.2) is 4.79 Å². The zero-order valence-corrected chi connectivity index (χ0v) is 10.2. The lowest BCUT2D eigenvalue weighted by Crippen LogP contribution is -2.45. The fourth-order valence-corrected chi connectivity index (χ4v) is 1.54. The van der Waals surface area contributed by atoms with Crippen LogP contribution >= 0.6 is 0 Å². The van der Waals surface area contributed by atoms with E-state index in [0.717, 1.165) is 17.1 Å². The van der Waals surface area contributed by atoms with E-state index in [4.69, 9.17) is 10.8 Å². The second-order valence-corrected chi connectivity index (χ2v) is 3.96. The highest BCUT2D eigenvalue weighted by molar-refractivity contribution is 6.12. The molecule has 0 aromatic heterocycles. The second kappa shape index (κ2) is 6.64. The van der Waals surface area contributed by atoms with Gasteiger partial charge in [0.05, 0.1) is 0 Å². The molecule has 0 bridgehead atoms. The molecule has 1 atom stereocenters. The number of nitrogens with two attached hydrogens (primary N) is 1. The fraction of sp³-hybridized carbons (Fsp3) is 0.455. The molecular weight excluding hydrogens is 254 g/mol.